The molecule has 0 spiro atoms. The maximum Gasteiger partial charge on any atom is 0.150 e. The van der Waals surface area contributed by atoms with Crippen molar-refractivity contribution in [1.82, 2.24) is 14.0 Å². The van der Waals surface area contributed by atoms with Crippen LogP contribution in [-0.2, 0) is 0 Å². The number of nitrogens with zero attached hydrogens (tertiary/aromatic N) is 3. The number of fused-ring (bicyclic) bond motifs is 5. The first-order valence-corrected chi connectivity index (χ1v) is 9.42. The van der Waals surface area contributed by atoms with E-state index >= 15 is 0 Å². The molecule has 0 aliphatic rings. The van der Waals surface area contributed by atoms with Gasteiger partial charge >= 0.3 is 0 Å². The summed E-state index contributed by atoms with van der Waals surface area (Å²) in [5, 5.41) is 1.17. The van der Waals surface area contributed by atoms with Crippen LogP contribution in [0.3, 0.4) is 0 Å². The molecule has 3 aromatic heterocycles. The Kier molecular flexibility index (Phi) is 3.17. The molecule has 0 saturated carbocycles. The maximum absolute atomic E-state index is 4.90. The SMILES string of the molecule is c1ccc(-c2ccc(-n3c4ccccc4c4nc5ccccn5c43)cc2)cc1. The third-order valence-electron chi connectivity index (χ3n) is 5.35. The molecule has 0 radical (unpaired) electrons. The van der Waals surface area contributed by atoms with Crippen LogP contribution in [0.25, 0.3) is 44.5 Å². The van der Waals surface area contributed by atoms with Crippen LogP contribution in [0.5, 0.6) is 0 Å². The van der Waals surface area contributed by atoms with Gasteiger partial charge in [-0.05, 0) is 41.5 Å². The van der Waals surface area contributed by atoms with E-state index in [0.717, 1.165) is 22.5 Å². The van der Waals surface area contributed by atoms with Crippen molar-refractivity contribution in [3.63, 3.8) is 0 Å². The smallest absolute Gasteiger partial charge is 0.150 e. The van der Waals surface area contributed by atoms with E-state index in [4.69, 9.17) is 4.98 Å². The molecule has 6 aromatic rings. The molecule has 0 fully saturated rings. The lowest BCUT2D eigenvalue weighted by molar-refractivity contribution is 1.09. The van der Waals surface area contributed by atoms with Gasteiger partial charge in [-0.2, -0.15) is 0 Å². The minimum Gasteiger partial charge on any atom is -0.294 e. The van der Waals surface area contributed by atoms with Gasteiger partial charge in [-0.1, -0.05) is 66.7 Å². The number of aromatic nitrogens is 3. The minimum absolute atomic E-state index is 0.966. The predicted octanol–water partition coefficient (Wildman–Crippen LogP) is 6.10. The van der Waals surface area contributed by atoms with E-state index in [1.165, 1.54) is 22.0 Å². The van der Waals surface area contributed by atoms with Gasteiger partial charge in [0.15, 0.2) is 5.65 Å². The Morgan fingerprint density at radius 2 is 1.32 bits per heavy atom. The third-order valence-corrected chi connectivity index (χ3v) is 5.35. The Bertz CT molecular complexity index is 1430. The highest BCUT2D eigenvalue weighted by atomic mass is 15.1. The van der Waals surface area contributed by atoms with Crippen LogP contribution in [0.1, 0.15) is 0 Å². The predicted molar refractivity (Wildman–Crippen MR) is 115 cm³/mol. The molecule has 3 heteroatoms. The average molecular weight is 359 g/mol. The number of rotatable bonds is 2. The Hall–Kier alpha value is -3.85. The second kappa shape index (κ2) is 5.83. The van der Waals surface area contributed by atoms with Gasteiger partial charge in [-0.25, -0.2) is 4.98 Å². The highest BCUT2D eigenvalue weighted by Gasteiger charge is 2.17. The van der Waals surface area contributed by atoms with E-state index in [-0.39, 0.29) is 0 Å². The Morgan fingerprint density at radius 1 is 0.607 bits per heavy atom. The summed E-state index contributed by atoms with van der Waals surface area (Å²) in [7, 11) is 0. The molecule has 0 atom stereocenters. The van der Waals surface area contributed by atoms with Gasteiger partial charge in [0.25, 0.3) is 0 Å². The molecule has 3 nitrogen and oxygen atoms in total. The van der Waals surface area contributed by atoms with Crippen molar-refractivity contribution in [2.24, 2.45) is 0 Å². The van der Waals surface area contributed by atoms with E-state index in [1.807, 2.05) is 12.1 Å². The summed E-state index contributed by atoms with van der Waals surface area (Å²) in [4.78, 5) is 4.90. The maximum atomic E-state index is 4.90. The van der Waals surface area contributed by atoms with Crippen LogP contribution in [-0.4, -0.2) is 14.0 Å². The Morgan fingerprint density at radius 3 is 2.18 bits per heavy atom. The zero-order chi connectivity index (χ0) is 18.5. The standard InChI is InChI=1S/C25H17N3/c1-2-8-18(9-3-1)19-13-15-20(16-14-19)28-22-11-5-4-10-21(22)24-25(28)27-17-7-6-12-23(27)26-24/h1-17H. The highest BCUT2D eigenvalue weighted by Crippen LogP contribution is 2.32. The molecule has 0 aliphatic carbocycles. The van der Waals surface area contributed by atoms with Crippen LogP contribution in [0.15, 0.2) is 103 Å². The van der Waals surface area contributed by atoms with Crippen LogP contribution < -0.4 is 0 Å². The van der Waals surface area contributed by atoms with Crippen molar-refractivity contribution < 1.29 is 0 Å². The number of imidazole rings is 1. The van der Waals surface area contributed by atoms with E-state index in [1.54, 1.807) is 0 Å². The highest BCUT2D eigenvalue weighted by molar-refractivity contribution is 6.07. The summed E-state index contributed by atoms with van der Waals surface area (Å²) >= 11 is 0. The number of pyridine rings is 1. The van der Waals surface area contributed by atoms with Crippen molar-refractivity contribution in [3.8, 4) is 16.8 Å². The first-order valence-electron chi connectivity index (χ1n) is 9.42. The second-order valence-electron chi connectivity index (χ2n) is 6.98. The molecule has 0 bridgehead atoms. The molecule has 28 heavy (non-hydrogen) atoms. The molecule has 0 aliphatic heterocycles. The number of hydrogen-bond donors (Lipinski definition) is 0. The molecule has 0 unspecified atom stereocenters. The normalized spacial score (nSPS) is 11.6. The van der Waals surface area contributed by atoms with Gasteiger partial charge in [0, 0.05) is 17.3 Å². The van der Waals surface area contributed by atoms with Crippen LogP contribution >= 0.6 is 0 Å². The lowest BCUT2D eigenvalue weighted by atomic mass is 10.1. The van der Waals surface area contributed by atoms with E-state index < -0.39 is 0 Å². The van der Waals surface area contributed by atoms with Crippen molar-refractivity contribution in [2.75, 3.05) is 0 Å². The monoisotopic (exact) mass is 359 g/mol. The summed E-state index contributed by atoms with van der Waals surface area (Å²) in [5.41, 5.74) is 7.86. The van der Waals surface area contributed by atoms with Crippen LogP contribution in [0.2, 0.25) is 0 Å². The molecular formula is C25H17N3. The third kappa shape index (κ3) is 2.13. The molecule has 0 N–H and O–H groups in total. The lowest BCUT2D eigenvalue weighted by Crippen LogP contribution is -1.97. The number of para-hydroxylation sites is 1. The molecule has 6 rings (SSSR count). The molecule has 132 valence electrons. The van der Waals surface area contributed by atoms with Gasteiger partial charge in [0.2, 0.25) is 0 Å². The topological polar surface area (TPSA) is 22.2 Å². The van der Waals surface area contributed by atoms with Crippen molar-refractivity contribution >= 4 is 27.7 Å². The molecule has 0 saturated heterocycles. The zero-order valence-corrected chi connectivity index (χ0v) is 15.2. The molecular weight excluding hydrogens is 342 g/mol. The van der Waals surface area contributed by atoms with Crippen molar-refractivity contribution in [3.05, 3.63) is 103 Å². The van der Waals surface area contributed by atoms with Gasteiger partial charge in [-0.3, -0.25) is 8.97 Å². The fourth-order valence-corrected chi connectivity index (χ4v) is 4.06. The minimum atomic E-state index is 0.966. The average Bonchev–Trinajstić information content (AvgIpc) is 3.29. The van der Waals surface area contributed by atoms with Crippen molar-refractivity contribution in [1.29, 1.82) is 0 Å². The van der Waals surface area contributed by atoms with Crippen molar-refractivity contribution in [2.45, 2.75) is 0 Å². The van der Waals surface area contributed by atoms with E-state index in [0.29, 0.717) is 0 Å². The molecule has 3 heterocycles. The molecule has 3 aromatic carbocycles. The van der Waals surface area contributed by atoms with E-state index in [2.05, 4.69) is 100 Å². The second-order valence-corrected chi connectivity index (χ2v) is 6.98. The summed E-state index contributed by atoms with van der Waals surface area (Å²) in [6, 6.07) is 33.9. The number of benzene rings is 3. The van der Waals surface area contributed by atoms with Gasteiger partial charge < -0.3 is 0 Å². The lowest BCUT2D eigenvalue weighted by Gasteiger charge is -2.09. The first kappa shape index (κ1) is 15.2. The zero-order valence-electron chi connectivity index (χ0n) is 15.2. The number of hydrogen-bond acceptors (Lipinski definition) is 1. The first-order chi connectivity index (χ1) is 13.9. The fraction of sp³-hybridized carbons (Fsp3) is 0. The Labute approximate surface area is 162 Å². The van der Waals surface area contributed by atoms with E-state index in [9.17, 15) is 0 Å². The van der Waals surface area contributed by atoms with Crippen LogP contribution in [0.4, 0.5) is 0 Å². The largest absolute Gasteiger partial charge is 0.294 e. The fourth-order valence-electron chi connectivity index (χ4n) is 4.06. The summed E-state index contributed by atoms with van der Waals surface area (Å²) in [6.07, 6.45) is 2.08. The Balaban J connectivity index is 1.64. The summed E-state index contributed by atoms with van der Waals surface area (Å²) < 4.78 is 4.47. The van der Waals surface area contributed by atoms with Gasteiger partial charge in [-0.15, -0.1) is 0 Å². The summed E-state index contributed by atoms with van der Waals surface area (Å²) in [6.45, 7) is 0. The molecule has 0 amide bonds. The summed E-state index contributed by atoms with van der Waals surface area (Å²) in [5.74, 6) is 0. The van der Waals surface area contributed by atoms with Gasteiger partial charge in [0.05, 0.1) is 5.52 Å². The quantitative estimate of drug-likeness (QED) is 0.366. The van der Waals surface area contributed by atoms with Gasteiger partial charge in [0.1, 0.15) is 11.2 Å². The van der Waals surface area contributed by atoms with Crippen LogP contribution in [0, 0.1) is 0 Å².